The molecule has 5 nitrogen and oxygen atoms in total. The second kappa shape index (κ2) is 6.53. The minimum absolute atomic E-state index is 0.0974. The van der Waals surface area contributed by atoms with Crippen molar-refractivity contribution in [3.63, 3.8) is 0 Å². The molecule has 0 radical (unpaired) electrons. The van der Waals surface area contributed by atoms with Gasteiger partial charge in [0.25, 0.3) is 0 Å². The molecule has 1 amide bonds. The summed E-state index contributed by atoms with van der Waals surface area (Å²) in [5.74, 6) is -1.95. The van der Waals surface area contributed by atoms with Gasteiger partial charge in [0.05, 0.1) is 15.1 Å². The molecule has 0 aliphatic carbocycles. The zero-order valence-electron chi connectivity index (χ0n) is 13.5. The van der Waals surface area contributed by atoms with E-state index in [9.17, 15) is 17.6 Å². The summed E-state index contributed by atoms with van der Waals surface area (Å²) in [5, 5.41) is 2.88. The number of rotatable bonds is 4. The van der Waals surface area contributed by atoms with Crippen LogP contribution in [0.5, 0.6) is 0 Å². The number of nitrogens with zero attached hydrogens (tertiary/aromatic N) is 1. The highest BCUT2D eigenvalue weighted by Gasteiger charge is 2.20. The molecule has 0 spiro atoms. The van der Waals surface area contributed by atoms with Gasteiger partial charge < -0.3 is 5.32 Å². The number of nitrogens with one attached hydrogen (secondary N) is 1. The molecule has 0 aliphatic heterocycles. The van der Waals surface area contributed by atoms with Gasteiger partial charge in [-0.2, -0.15) is 0 Å². The van der Waals surface area contributed by atoms with Crippen molar-refractivity contribution in [2.24, 2.45) is 0 Å². The predicted octanol–water partition coefficient (Wildman–Crippen LogP) is 3.46. The number of aryl methyl sites for hydroxylation is 2. The Kier molecular flexibility index (Phi) is 4.57. The highest BCUT2D eigenvalue weighted by Crippen LogP contribution is 2.29. The van der Waals surface area contributed by atoms with E-state index in [2.05, 4.69) is 10.3 Å². The molecule has 0 aliphatic rings. The average Bonchev–Trinajstić information content (AvgIpc) is 2.89. The number of thiazole rings is 1. The number of carbonyl (C=O) groups excluding carboxylic acids is 1. The SMILES string of the molecule is Cc1cc(C)c2sc(NC(=O)CS(=O)(=O)c3ccc(F)cc3)nc2c1. The van der Waals surface area contributed by atoms with E-state index in [0.29, 0.717) is 5.13 Å². The molecule has 0 saturated heterocycles. The van der Waals surface area contributed by atoms with Gasteiger partial charge in [-0.05, 0) is 55.3 Å². The van der Waals surface area contributed by atoms with E-state index in [1.807, 2.05) is 26.0 Å². The Morgan fingerprint density at radius 3 is 2.56 bits per heavy atom. The Hall–Kier alpha value is -2.32. The monoisotopic (exact) mass is 378 g/mol. The number of halogens is 1. The Balaban J connectivity index is 1.78. The summed E-state index contributed by atoms with van der Waals surface area (Å²) in [4.78, 5) is 16.3. The van der Waals surface area contributed by atoms with Crippen LogP contribution in [0.25, 0.3) is 10.2 Å². The van der Waals surface area contributed by atoms with Crippen molar-refractivity contribution in [3.05, 3.63) is 53.3 Å². The van der Waals surface area contributed by atoms with E-state index in [0.717, 1.165) is 45.6 Å². The summed E-state index contributed by atoms with van der Waals surface area (Å²) in [7, 11) is -3.84. The molecule has 0 saturated carbocycles. The third-order valence-corrected chi connectivity index (χ3v) is 6.31. The van der Waals surface area contributed by atoms with Gasteiger partial charge in [-0.15, -0.1) is 0 Å². The molecule has 25 heavy (non-hydrogen) atoms. The largest absolute Gasteiger partial charge is 0.301 e. The van der Waals surface area contributed by atoms with E-state index in [1.54, 1.807) is 0 Å². The summed E-state index contributed by atoms with van der Waals surface area (Å²) in [6.07, 6.45) is 0. The molecule has 1 N–H and O–H groups in total. The second-order valence-electron chi connectivity index (χ2n) is 5.71. The first-order valence-electron chi connectivity index (χ1n) is 7.40. The van der Waals surface area contributed by atoms with Gasteiger partial charge in [0.1, 0.15) is 11.6 Å². The van der Waals surface area contributed by atoms with Crippen LogP contribution < -0.4 is 5.32 Å². The number of aromatic nitrogens is 1. The summed E-state index contributed by atoms with van der Waals surface area (Å²) in [6, 6.07) is 8.30. The van der Waals surface area contributed by atoms with Crippen molar-refractivity contribution < 1.29 is 17.6 Å². The lowest BCUT2D eigenvalue weighted by molar-refractivity contribution is -0.113. The number of hydrogen-bond acceptors (Lipinski definition) is 5. The first kappa shape index (κ1) is 17.5. The van der Waals surface area contributed by atoms with Crippen molar-refractivity contribution in [1.82, 2.24) is 4.98 Å². The summed E-state index contributed by atoms with van der Waals surface area (Å²) in [5.41, 5.74) is 2.87. The Morgan fingerprint density at radius 2 is 1.88 bits per heavy atom. The lowest BCUT2D eigenvalue weighted by Gasteiger charge is -2.04. The van der Waals surface area contributed by atoms with Gasteiger partial charge in [0, 0.05) is 0 Å². The van der Waals surface area contributed by atoms with E-state index >= 15 is 0 Å². The predicted molar refractivity (Wildman–Crippen MR) is 96.2 cm³/mol. The molecular weight excluding hydrogens is 363 g/mol. The normalized spacial score (nSPS) is 11.6. The fourth-order valence-electron chi connectivity index (χ4n) is 2.48. The van der Waals surface area contributed by atoms with Crippen LogP contribution in [0.2, 0.25) is 0 Å². The summed E-state index contributed by atoms with van der Waals surface area (Å²) < 4.78 is 38.3. The highest BCUT2D eigenvalue weighted by atomic mass is 32.2. The molecule has 0 atom stereocenters. The second-order valence-corrected chi connectivity index (χ2v) is 8.70. The molecule has 3 aromatic rings. The van der Waals surface area contributed by atoms with Crippen LogP contribution >= 0.6 is 11.3 Å². The summed E-state index contributed by atoms with van der Waals surface area (Å²) in [6.45, 7) is 3.91. The first-order valence-corrected chi connectivity index (χ1v) is 9.87. The van der Waals surface area contributed by atoms with Gasteiger partial charge in [-0.25, -0.2) is 17.8 Å². The van der Waals surface area contributed by atoms with Gasteiger partial charge in [-0.3, -0.25) is 4.79 Å². The van der Waals surface area contributed by atoms with Crippen molar-refractivity contribution >= 4 is 42.4 Å². The molecule has 1 heterocycles. The van der Waals surface area contributed by atoms with E-state index in [1.165, 1.54) is 11.3 Å². The molecular formula is C17H15FN2O3S2. The van der Waals surface area contributed by atoms with E-state index < -0.39 is 27.3 Å². The molecule has 3 rings (SSSR count). The number of benzene rings is 2. The third-order valence-electron chi connectivity index (χ3n) is 3.56. The summed E-state index contributed by atoms with van der Waals surface area (Å²) >= 11 is 1.30. The van der Waals surface area contributed by atoms with E-state index in [-0.39, 0.29) is 4.90 Å². The maximum Gasteiger partial charge on any atom is 0.241 e. The van der Waals surface area contributed by atoms with Crippen LogP contribution in [0.15, 0.2) is 41.3 Å². The number of amides is 1. The fraction of sp³-hybridized carbons (Fsp3) is 0.176. The smallest absolute Gasteiger partial charge is 0.241 e. The van der Waals surface area contributed by atoms with Crippen LogP contribution in [0.4, 0.5) is 9.52 Å². The van der Waals surface area contributed by atoms with Gasteiger partial charge in [0.2, 0.25) is 5.91 Å². The van der Waals surface area contributed by atoms with Crippen LogP contribution in [-0.4, -0.2) is 25.1 Å². The van der Waals surface area contributed by atoms with Crippen molar-refractivity contribution in [3.8, 4) is 0 Å². The Bertz CT molecular complexity index is 1060. The quantitative estimate of drug-likeness (QED) is 0.706. The van der Waals surface area contributed by atoms with Crippen LogP contribution in [-0.2, 0) is 14.6 Å². The standard InChI is InChI=1S/C17H15FN2O3S2/c1-10-7-11(2)16-14(8-10)19-17(24-16)20-15(21)9-25(22,23)13-5-3-12(18)4-6-13/h3-8H,9H2,1-2H3,(H,19,20,21). The fourth-order valence-corrected chi connectivity index (χ4v) is 4.55. The maximum atomic E-state index is 12.9. The van der Waals surface area contributed by atoms with Crippen LogP contribution in [0.3, 0.4) is 0 Å². The average molecular weight is 378 g/mol. The number of hydrogen-bond donors (Lipinski definition) is 1. The van der Waals surface area contributed by atoms with Crippen molar-refractivity contribution in [2.45, 2.75) is 18.7 Å². The molecule has 0 bridgehead atoms. The van der Waals surface area contributed by atoms with Crippen molar-refractivity contribution in [1.29, 1.82) is 0 Å². The zero-order chi connectivity index (χ0) is 18.2. The van der Waals surface area contributed by atoms with Gasteiger partial charge in [0.15, 0.2) is 15.0 Å². The molecule has 8 heteroatoms. The number of anilines is 1. The zero-order valence-corrected chi connectivity index (χ0v) is 15.2. The minimum Gasteiger partial charge on any atom is -0.301 e. The van der Waals surface area contributed by atoms with Gasteiger partial charge in [-0.1, -0.05) is 17.4 Å². The number of carbonyl (C=O) groups is 1. The van der Waals surface area contributed by atoms with E-state index in [4.69, 9.17) is 0 Å². The van der Waals surface area contributed by atoms with Gasteiger partial charge >= 0.3 is 0 Å². The Labute approximate surface area is 148 Å². The Morgan fingerprint density at radius 1 is 1.20 bits per heavy atom. The molecule has 1 aromatic heterocycles. The molecule has 0 unspecified atom stereocenters. The highest BCUT2D eigenvalue weighted by molar-refractivity contribution is 7.92. The van der Waals surface area contributed by atoms with Crippen LogP contribution in [0, 0.1) is 19.7 Å². The maximum absolute atomic E-state index is 12.9. The van der Waals surface area contributed by atoms with Crippen molar-refractivity contribution in [2.75, 3.05) is 11.1 Å². The number of sulfone groups is 1. The number of fused-ring (bicyclic) bond motifs is 1. The van der Waals surface area contributed by atoms with Crippen LogP contribution in [0.1, 0.15) is 11.1 Å². The first-order chi connectivity index (χ1) is 11.7. The molecule has 0 fully saturated rings. The molecule has 2 aromatic carbocycles. The third kappa shape index (κ3) is 3.85. The molecule has 130 valence electrons. The lowest BCUT2D eigenvalue weighted by atomic mass is 10.1. The lowest BCUT2D eigenvalue weighted by Crippen LogP contribution is -2.22. The topological polar surface area (TPSA) is 76.1 Å². The minimum atomic E-state index is -3.84.